The number of benzene rings is 2. The minimum Gasteiger partial charge on any atom is -0.497 e. The summed E-state index contributed by atoms with van der Waals surface area (Å²) in [4.78, 5) is 13.4. The maximum atomic E-state index is 13.4. The van der Waals surface area contributed by atoms with Crippen LogP contribution in [0.1, 0.15) is 12.5 Å². The molecule has 0 bridgehead atoms. The van der Waals surface area contributed by atoms with Crippen LogP contribution in [0.5, 0.6) is 11.5 Å². The number of hydrogen-bond acceptors (Lipinski definition) is 5. The summed E-state index contributed by atoms with van der Waals surface area (Å²) >= 11 is 0. The third kappa shape index (κ3) is 2.60. The number of rotatable bonds is 4. The van der Waals surface area contributed by atoms with Crippen LogP contribution in [0, 0.1) is 0 Å². The second-order valence-corrected chi connectivity index (χ2v) is 6.30. The van der Waals surface area contributed by atoms with E-state index in [0.717, 1.165) is 16.9 Å². The molecule has 2 atom stereocenters. The van der Waals surface area contributed by atoms with Crippen LogP contribution in [0.4, 0.5) is 0 Å². The molecule has 0 spiro atoms. The fourth-order valence-corrected chi connectivity index (χ4v) is 3.53. The average Bonchev–Trinajstić information content (AvgIpc) is 2.90. The molecule has 0 N–H and O–H groups in total. The van der Waals surface area contributed by atoms with E-state index >= 15 is 0 Å². The van der Waals surface area contributed by atoms with Crippen molar-refractivity contribution in [1.82, 2.24) is 0 Å². The summed E-state index contributed by atoms with van der Waals surface area (Å²) in [6, 6.07) is 16.6. The Hall–Kier alpha value is -2.63. The number of ether oxygens (including phenoxy) is 4. The van der Waals surface area contributed by atoms with Gasteiger partial charge in [-0.25, -0.2) is 0 Å². The lowest BCUT2D eigenvalue weighted by atomic mass is 10.0. The molecule has 0 radical (unpaired) electrons. The maximum Gasteiger partial charge on any atom is 0.305 e. The van der Waals surface area contributed by atoms with E-state index in [2.05, 4.69) is 0 Å². The van der Waals surface area contributed by atoms with Crippen LogP contribution in [-0.2, 0) is 14.3 Å². The third-order valence-corrected chi connectivity index (χ3v) is 4.75. The van der Waals surface area contributed by atoms with E-state index in [1.165, 1.54) is 0 Å². The fourth-order valence-electron chi connectivity index (χ4n) is 3.53. The highest BCUT2D eigenvalue weighted by Crippen LogP contribution is 2.44. The molecule has 2 unspecified atom stereocenters. The van der Waals surface area contributed by atoms with Crippen molar-refractivity contribution in [2.75, 3.05) is 20.3 Å². The first-order valence-corrected chi connectivity index (χ1v) is 8.55. The Kier molecular flexibility index (Phi) is 4.26. The lowest BCUT2D eigenvalue weighted by Crippen LogP contribution is -2.57. The Labute approximate surface area is 152 Å². The second-order valence-electron chi connectivity index (χ2n) is 6.30. The van der Waals surface area contributed by atoms with Gasteiger partial charge in [-0.2, -0.15) is 0 Å². The van der Waals surface area contributed by atoms with E-state index in [0.29, 0.717) is 24.5 Å². The van der Waals surface area contributed by atoms with E-state index in [9.17, 15) is 4.79 Å². The van der Waals surface area contributed by atoms with Gasteiger partial charge in [0.2, 0.25) is 5.78 Å². The van der Waals surface area contributed by atoms with Crippen LogP contribution >= 0.6 is 0 Å². The van der Waals surface area contributed by atoms with Crippen molar-refractivity contribution in [1.29, 1.82) is 0 Å². The van der Waals surface area contributed by atoms with Gasteiger partial charge in [-0.1, -0.05) is 30.3 Å². The first-order valence-electron chi connectivity index (χ1n) is 8.55. The highest BCUT2D eigenvalue weighted by atomic mass is 16.7. The molecule has 5 nitrogen and oxygen atoms in total. The molecule has 1 aliphatic carbocycles. The Morgan fingerprint density at radius 1 is 1.00 bits per heavy atom. The second kappa shape index (κ2) is 6.59. The molecule has 26 heavy (non-hydrogen) atoms. The normalized spacial score (nSPS) is 25.2. The van der Waals surface area contributed by atoms with Gasteiger partial charge in [-0.15, -0.1) is 0 Å². The molecule has 134 valence electrons. The topological polar surface area (TPSA) is 54.0 Å². The van der Waals surface area contributed by atoms with Crippen LogP contribution < -0.4 is 9.47 Å². The molecule has 1 aliphatic heterocycles. The molecule has 5 heteroatoms. The van der Waals surface area contributed by atoms with Crippen molar-refractivity contribution in [2.24, 2.45) is 0 Å². The van der Waals surface area contributed by atoms with Crippen LogP contribution in [0.2, 0.25) is 0 Å². The zero-order valence-corrected chi connectivity index (χ0v) is 14.7. The lowest BCUT2D eigenvalue weighted by Gasteiger charge is -2.38. The van der Waals surface area contributed by atoms with Gasteiger partial charge in [0, 0.05) is 5.57 Å². The van der Waals surface area contributed by atoms with Crippen molar-refractivity contribution in [2.45, 2.75) is 18.8 Å². The zero-order chi connectivity index (χ0) is 18.1. The average molecular weight is 352 g/mol. The summed E-state index contributed by atoms with van der Waals surface area (Å²) in [6.07, 6.45) is -0.568. The predicted molar refractivity (Wildman–Crippen MR) is 96.1 cm³/mol. The number of Topliss-reactive ketones (excluding diaryl/α,β-unsaturated/α-hetero) is 1. The number of methoxy groups -OCH3 is 1. The molecule has 2 aromatic carbocycles. The van der Waals surface area contributed by atoms with E-state index in [4.69, 9.17) is 18.9 Å². The number of carbonyl (C=O) groups excluding carboxylic acids is 1. The number of para-hydroxylation sites is 1. The maximum absolute atomic E-state index is 13.4. The van der Waals surface area contributed by atoms with E-state index in [1.54, 1.807) is 19.2 Å². The summed E-state index contributed by atoms with van der Waals surface area (Å²) in [5.74, 6) is -0.384. The molecule has 1 heterocycles. The highest BCUT2D eigenvalue weighted by molar-refractivity contribution is 6.28. The van der Waals surface area contributed by atoms with Crippen LogP contribution in [0.3, 0.4) is 0 Å². The van der Waals surface area contributed by atoms with Gasteiger partial charge in [0.25, 0.3) is 0 Å². The SMILES string of the molecule is COc1ccc(C2=C(C)C3OCCOC3(Oc3ccccc3)C2=O)cc1. The van der Waals surface area contributed by atoms with Gasteiger partial charge in [0.15, 0.2) is 6.10 Å². The molecule has 1 saturated heterocycles. The number of hydrogen-bond donors (Lipinski definition) is 0. The van der Waals surface area contributed by atoms with Crippen molar-refractivity contribution in [3.63, 3.8) is 0 Å². The van der Waals surface area contributed by atoms with Gasteiger partial charge < -0.3 is 18.9 Å². The Bertz CT molecular complexity index is 840. The van der Waals surface area contributed by atoms with Gasteiger partial charge in [0.1, 0.15) is 11.5 Å². The summed E-state index contributed by atoms with van der Waals surface area (Å²) in [5.41, 5.74) is 2.19. The first kappa shape index (κ1) is 16.8. The largest absolute Gasteiger partial charge is 0.497 e. The Balaban J connectivity index is 1.75. The van der Waals surface area contributed by atoms with Crippen molar-refractivity contribution >= 4 is 11.4 Å². The van der Waals surface area contributed by atoms with Crippen LogP contribution in [0.15, 0.2) is 60.2 Å². The van der Waals surface area contributed by atoms with E-state index in [1.807, 2.05) is 49.4 Å². The van der Waals surface area contributed by atoms with Crippen molar-refractivity contribution in [3.05, 3.63) is 65.7 Å². The lowest BCUT2D eigenvalue weighted by molar-refractivity contribution is -0.257. The first-order chi connectivity index (χ1) is 12.7. The summed E-state index contributed by atoms with van der Waals surface area (Å²) in [6.45, 7) is 2.62. The van der Waals surface area contributed by atoms with Gasteiger partial charge in [-0.05, 0) is 42.3 Å². The van der Waals surface area contributed by atoms with Gasteiger partial charge in [0.05, 0.1) is 20.3 Å². The quantitative estimate of drug-likeness (QED) is 0.845. The minimum absolute atomic E-state index is 0.214. The predicted octanol–water partition coefficient (Wildman–Crippen LogP) is 3.24. The molecule has 0 aromatic heterocycles. The third-order valence-electron chi connectivity index (χ3n) is 4.75. The van der Waals surface area contributed by atoms with Crippen LogP contribution in [-0.4, -0.2) is 38.0 Å². The van der Waals surface area contributed by atoms with Crippen molar-refractivity contribution in [3.8, 4) is 11.5 Å². The number of ketones is 1. The van der Waals surface area contributed by atoms with Gasteiger partial charge >= 0.3 is 5.79 Å². The van der Waals surface area contributed by atoms with Crippen molar-refractivity contribution < 1.29 is 23.7 Å². The number of carbonyl (C=O) groups is 1. The van der Waals surface area contributed by atoms with Gasteiger partial charge in [-0.3, -0.25) is 4.79 Å². The molecule has 2 aliphatic rings. The Morgan fingerprint density at radius 3 is 2.42 bits per heavy atom. The number of fused-ring (bicyclic) bond motifs is 1. The highest BCUT2D eigenvalue weighted by Gasteiger charge is 2.60. The minimum atomic E-state index is -1.47. The Morgan fingerprint density at radius 2 is 1.73 bits per heavy atom. The molecule has 1 fully saturated rings. The smallest absolute Gasteiger partial charge is 0.305 e. The van der Waals surface area contributed by atoms with E-state index < -0.39 is 11.9 Å². The summed E-state index contributed by atoms with van der Waals surface area (Å²) in [5, 5.41) is 0. The molecule has 2 aromatic rings. The standard InChI is InChI=1S/C21H20O5/c1-14-18(15-8-10-16(23-2)11-9-15)19(22)21(20(14)24-12-13-25-21)26-17-6-4-3-5-7-17/h3-11,20H,12-13H2,1-2H3. The summed E-state index contributed by atoms with van der Waals surface area (Å²) in [7, 11) is 1.61. The monoisotopic (exact) mass is 352 g/mol. The fraction of sp³-hybridized carbons (Fsp3) is 0.286. The molecule has 0 amide bonds. The summed E-state index contributed by atoms with van der Waals surface area (Å²) < 4.78 is 23.1. The zero-order valence-electron chi connectivity index (χ0n) is 14.7. The van der Waals surface area contributed by atoms with Crippen LogP contribution in [0.25, 0.3) is 5.57 Å². The van der Waals surface area contributed by atoms with E-state index in [-0.39, 0.29) is 5.78 Å². The molecular weight excluding hydrogens is 332 g/mol. The molecular formula is C21H20O5. The molecule has 0 saturated carbocycles. The molecule has 4 rings (SSSR count).